The zero-order chi connectivity index (χ0) is 15.7. The number of furan rings is 1. The maximum absolute atomic E-state index is 11.7. The van der Waals surface area contributed by atoms with Crippen LogP contribution in [0.15, 0.2) is 40.8 Å². The molecule has 1 aliphatic carbocycles. The Morgan fingerprint density at radius 3 is 2.68 bits per heavy atom. The van der Waals surface area contributed by atoms with Gasteiger partial charge in [-0.05, 0) is 36.4 Å². The number of rotatable bonds is 5. The van der Waals surface area contributed by atoms with Gasteiger partial charge in [-0.15, -0.1) is 0 Å². The van der Waals surface area contributed by atoms with Crippen LogP contribution < -0.4 is 5.32 Å². The normalized spacial score (nSPS) is 19.7. The summed E-state index contributed by atoms with van der Waals surface area (Å²) in [5.74, 6) is 0.457. The number of hydrogen-bond donors (Lipinski definition) is 1. The lowest BCUT2D eigenvalue weighted by atomic mass is 10.2. The Morgan fingerprint density at radius 2 is 2.05 bits per heavy atom. The number of hydrogen-bond acceptors (Lipinski definition) is 4. The molecule has 7 heteroatoms. The van der Waals surface area contributed by atoms with E-state index in [1.165, 1.54) is 0 Å². The van der Waals surface area contributed by atoms with Gasteiger partial charge in [0.15, 0.2) is 0 Å². The van der Waals surface area contributed by atoms with Gasteiger partial charge in [-0.1, -0.05) is 11.6 Å². The van der Waals surface area contributed by atoms with Gasteiger partial charge in [0, 0.05) is 21.9 Å². The number of amides is 1. The summed E-state index contributed by atoms with van der Waals surface area (Å²) >= 11 is 5.83. The second kappa shape index (κ2) is 5.81. The Labute approximate surface area is 131 Å². The van der Waals surface area contributed by atoms with E-state index in [1.807, 2.05) is 18.2 Å². The van der Waals surface area contributed by atoms with Gasteiger partial charge >= 0.3 is 0 Å². The van der Waals surface area contributed by atoms with E-state index in [0.29, 0.717) is 23.0 Å². The maximum Gasteiger partial charge on any atom is 0.230 e. The van der Waals surface area contributed by atoms with Crippen LogP contribution in [-0.4, -0.2) is 16.9 Å². The number of benzene rings is 1. The van der Waals surface area contributed by atoms with Gasteiger partial charge in [-0.3, -0.25) is 14.9 Å². The molecule has 2 aromatic rings. The first kappa shape index (κ1) is 14.6. The molecule has 0 radical (unpaired) electrons. The highest BCUT2D eigenvalue weighted by molar-refractivity contribution is 6.30. The van der Waals surface area contributed by atoms with Crippen molar-refractivity contribution in [2.45, 2.75) is 19.0 Å². The number of carbonyl (C=O) groups excluding carboxylic acids is 1. The Kier molecular flexibility index (Phi) is 3.85. The molecular formula is C15H13ClN2O4. The SMILES string of the molecule is O=C(NCc1ccc(-c2ccc(Cl)cc2)o1)[C@H]1C[C@@H]1[N+](=O)[O-]. The van der Waals surface area contributed by atoms with E-state index in [1.54, 1.807) is 18.2 Å². The third-order valence-corrected chi connectivity index (χ3v) is 3.84. The molecule has 2 atom stereocenters. The molecule has 1 aromatic carbocycles. The van der Waals surface area contributed by atoms with Crippen molar-refractivity contribution in [1.82, 2.24) is 5.32 Å². The standard InChI is InChI=1S/C15H13ClN2O4/c16-10-3-1-9(2-4-10)14-6-5-11(22-14)8-17-15(19)12-7-13(12)18(20)21/h1-6,12-13H,7-8H2,(H,17,19)/t12-,13-/m0/s1. The van der Waals surface area contributed by atoms with Crippen molar-refractivity contribution in [3.8, 4) is 11.3 Å². The van der Waals surface area contributed by atoms with Crippen molar-refractivity contribution in [2.75, 3.05) is 0 Å². The van der Waals surface area contributed by atoms with Crippen molar-refractivity contribution in [3.05, 3.63) is 57.3 Å². The molecule has 114 valence electrons. The molecule has 1 amide bonds. The van der Waals surface area contributed by atoms with Crippen molar-refractivity contribution in [2.24, 2.45) is 5.92 Å². The highest BCUT2D eigenvalue weighted by atomic mass is 35.5. The van der Waals surface area contributed by atoms with Crippen LogP contribution in [0.1, 0.15) is 12.2 Å². The van der Waals surface area contributed by atoms with Gasteiger partial charge in [0.1, 0.15) is 17.4 Å². The summed E-state index contributed by atoms with van der Waals surface area (Å²) in [6.45, 7) is 0.216. The minimum atomic E-state index is -0.735. The molecule has 0 saturated heterocycles. The molecule has 6 nitrogen and oxygen atoms in total. The predicted molar refractivity (Wildman–Crippen MR) is 79.9 cm³/mol. The maximum atomic E-state index is 11.7. The number of nitrogens with zero attached hydrogens (tertiary/aromatic N) is 1. The molecule has 1 saturated carbocycles. The summed E-state index contributed by atoms with van der Waals surface area (Å²) < 4.78 is 5.64. The minimum Gasteiger partial charge on any atom is -0.459 e. The molecule has 1 N–H and O–H groups in total. The Bertz CT molecular complexity index is 711. The summed E-state index contributed by atoms with van der Waals surface area (Å²) in [6.07, 6.45) is 0.313. The largest absolute Gasteiger partial charge is 0.459 e. The van der Waals surface area contributed by atoms with Crippen LogP contribution in [0.3, 0.4) is 0 Å². The lowest BCUT2D eigenvalue weighted by molar-refractivity contribution is -0.497. The lowest BCUT2D eigenvalue weighted by Gasteiger charge is -2.01. The van der Waals surface area contributed by atoms with Gasteiger partial charge in [-0.2, -0.15) is 0 Å². The summed E-state index contributed by atoms with van der Waals surface area (Å²) in [5, 5.41) is 13.8. The Balaban J connectivity index is 1.57. The summed E-state index contributed by atoms with van der Waals surface area (Å²) in [5.41, 5.74) is 0.887. The van der Waals surface area contributed by atoms with Gasteiger partial charge in [0.25, 0.3) is 0 Å². The Hall–Kier alpha value is -2.34. The number of nitrogens with one attached hydrogen (secondary N) is 1. The zero-order valence-corrected chi connectivity index (χ0v) is 12.2. The fraction of sp³-hybridized carbons (Fsp3) is 0.267. The summed E-state index contributed by atoms with van der Waals surface area (Å²) in [7, 11) is 0. The van der Waals surface area contributed by atoms with Crippen LogP contribution in [0.25, 0.3) is 11.3 Å². The fourth-order valence-corrected chi connectivity index (χ4v) is 2.37. The number of carbonyl (C=O) groups is 1. The minimum absolute atomic E-state index is 0.216. The van der Waals surface area contributed by atoms with Gasteiger partial charge in [0.2, 0.25) is 11.9 Å². The quantitative estimate of drug-likeness (QED) is 0.678. The zero-order valence-electron chi connectivity index (χ0n) is 11.5. The topological polar surface area (TPSA) is 85.4 Å². The molecule has 1 heterocycles. The van der Waals surface area contributed by atoms with Crippen LogP contribution in [0.2, 0.25) is 5.02 Å². The van der Waals surface area contributed by atoms with Crippen LogP contribution in [0, 0.1) is 16.0 Å². The highest BCUT2D eigenvalue weighted by Gasteiger charge is 2.53. The van der Waals surface area contributed by atoms with E-state index in [2.05, 4.69) is 5.32 Å². The van der Waals surface area contributed by atoms with Gasteiger partial charge < -0.3 is 9.73 Å². The van der Waals surface area contributed by atoms with E-state index in [4.69, 9.17) is 16.0 Å². The van der Waals surface area contributed by atoms with E-state index >= 15 is 0 Å². The van der Waals surface area contributed by atoms with Crippen LogP contribution in [0.4, 0.5) is 0 Å². The van der Waals surface area contributed by atoms with E-state index in [9.17, 15) is 14.9 Å². The van der Waals surface area contributed by atoms with Crippen LogP contribution in [-0.2, 0) is 11.3 Å². The molecule has 0 aliphatic heterocycles. The van der Waals surface area contributed by atoms with Crippen LogP contribution >= 0.6 is 11.6 Å². The highest BCUT2D eigenvalue weighted by Crippen LogP contribution is 2.33. The molecule has 0 unspecified atom stereocenters. The second-order valence-electron chi connectivity index (χ2n) is 5.19. The van der Waals surface area contributed by atoms with E-state index < -0.39 is 16.9 Å². The first-order valence-corrected chi connectivity index (χ1v) is 7.18. The fourth-order valence-electron chi connectivity index (χ4n) is 2.24. The van der Waals surface area contributed by atoms with Crippen molar-refractivity contribution >= 4 is 17.5 Å². The number of nitro groups is 1. The predicted octanol–water partition coefficient (Wildman–Crippen LogP) is 2.88. The molecule has 22 heavy (non-hydrogen) atoms. The van der Waals surface area contributed by atoms with Crippen LogP contribution in [0.5, 0.6) is 0 Å². The summed E-state index contributed by atoms with van der Waals surface area (Å²) in [4.78, 5) is 21.9. The van der Waals surface area contributed by atoms with Crippen molar-refractivity contribution in [1.29, 1.82) is 0 Å². The first-order chi connectivity index (χ1) is 10.5. The Morgan fingerprint density at radius 1 is 1.32 bits per heavy atom. The monoisotopic (exact) mass is 320 g/mol. The van der Waals surface area contributed by atoms with Gasteiger partial charge in [-0.25, -0.2) is 0 Å². The molecule has 1 aliphatic rings. The molecule has 0 spiro atoms. The first-order valence-electron chi connectivity index (χ1n) is 6.80. The average Bonchev–Trinajstić information content (AvgIpc) is 3.18. The lowest BCUT2D eigenvalue weighted by Crippen LogP contribution is -2.26. The molecule has 0 bridgehead atoms. The van der Waals surface area contributed by atoms with Crippen molar-refractivity contribution < 1.29 is 14.1 Å². The molecule has 1 aromatic heterocycles. The van der Waals surface area contributed by atoms with Gasteiger partial charge in [0.05, 0.1) is 6.54 Å². The molecule has 1 fully saturated rings. The number of halogens is 1. The average molecular weight is 321 g/mol. The third kappa shape index (κ3) is 3.12. The van der Waals surface area contributed by atoms with E-state index in [0.717, 1.165) is 5.56 Å². The smallest absolute Gasteiger partial charge is 0.230 e. The molecule has 3 rings (SSSR count). The van der Waals surface area contributed by atoms with E-state index in [-0.39, 0.29) is 12.5 Å². The summed E-state index contributed by atoms with van der Waals surface area (Å²) in [6, 6.07) is 10.1. The second-order valence-corrected chi connectivity index (χ2v) is 5.62. The molecular weight excluding hydrogens is 308 g/mol. The van der Waals surface area contributed by atoms with Crippen molar-refractivity contribution in [3.63, 3.8) is 0 Å². The third-order valence-electron chi connectivity index (χ3n) is 3.59.